The summed E-state index contributed by atoms with van der Waals surface area (Å²) in [5.41, 5.74) is 5.35. The molecule has 0 heterocycles. The Morgan fingerprint density at radius 2 is 1.71 bits per heavy atom. The van der Waals surface area contributed by atoms with E-state index in [2.05, 4.69) is 32.2 Å². The Balaban J connectivity index is 2.14. The minimum absolute atomic E-state index is 0.137. The van der Waals surface area contributed by atoms with E-state index in [4.69, 9.17) is 4.74 Å². The Bertz CT molecular complexity index is 735. The van der Waals surface area contributed by atoms with Crippen molar-refractivity contribution in [3.8, 4) is 5.75 Å². The van der Waals surface area contributed by atoms with E-state index in [0.29, 0.717) is 5.92 Å². The molecule has 1 atom stereocenters. The van der Waals surface area contributed by atoms with Crippen molar-refractivity contribution in [3.05, 3.63) is 58.7 Å². The van der Waals surface area contributed by atoms with Gasteiger partial charge in [0.1, 0.15) is 5.75 Å². The molecule has 2 aromatic carbocycles. The van der Waals surface area contributed by atoms with E-state index < -0.39 is 6.10 Å². The van der Waals surface area contributed by atoms with Crippen LogP contribution >= 0.6 is 0 Å². The zero-order valence-corrected chi connectivity index (χ0v) is 15.4. The van der Waals surface area contributed by atoms with E-state index >= 15 is 0 Å². The number of anilines is 1. The third kappa shape index (κ3) is 4.16. The van der Waals surface area contributed by atoms with Crippen LogP contribution in [0, 0.1) is 20.8 Å². The predicted molar refractivity (Wildman–Crippen MR) is 99.9 cm³/mol. The van der Waals surface area contributed by atoms with Crippen molar-refractivity contribution in [2.75, 3.05) is 5.32 Å². The molecular weight excluding hydrogens is 298 g/mol. The molecule has 0 saturated carbocycles. The molecule has 3 nitrogen and oxygen atoms in total. The second-order valence-electron chi connectivity index (χ2n) is 6.70. The van der Waals surface area contributed by atoms with E-state index in [1.54, 1.807) is 6.92 Å². The number of hydrogen-bond acceptors (Lipinski definition) is 2. The van der Waals surface area contributed by atoms with E-state index in [0.717, 1.165) is 28.1 Å². The number of ether oxygens (including phenoxy) is 1. The van der Waals surface area contributed by atoms with Gasteiger partial charge in [0.2, 0.25) is 0 Å². The highest BCUT2D eigenvalue weighted by atomic mass is 16.5. The third-order valence-corrected chi connectivity index (χ3v) is 4.28. The van der Waals surface area contributed by atoms with Gasteiger partial charge >= 0.3 is 0 Å². The summed E-state index contributed by atoms with van der Waals surface area (Å²) in [5.74, 6) is 0.980. The van der Waals surface area contributed by atoms with E-state index in [1.807, 2.05) is 44.2 Å². The van der Waals surface area contributed by atoms with Crippen molar-refractivity contribution in [1.29, 1.82) is 0 Å². The molecule has 2 rings (SSSR count). The van der Waals surface area contributed by atoms with Gasteiger partial charge in [-0.1, -0.05) is 38.1 Å². The summed E-state index contributed by atoms with van der Waals surface area (Å²) < 4.78 is 5.93. The highest BCUT2D eigenvalue weighted by Crippen LogP contribution is 2.26. The van der Waals surface area contributed by atoms with E-state index in [9.17, 15) is 4.79 Å². The largest absolute Gasteiger partial charge is 0.481 e. The summed E-state index contributed by atoms with van der Waals surface area (Å²) in [7, 11) is 0. The fourth-order valence-corrected chi connectivity index (χ4v) is 2.72. The second-order valence-corrected chi connectivity index (χ2v) is 6.70. The lowest BCUT2D eigenvalue weighted by Gasteiger charge is -2.19. The molecule has 3 heteroatoms. The number of amides is 1. The first-order chi connectivity index (χ1) is 11.3. The molecule has 0 aliphatic rings. The number of rotatable bonds is 5. The van der Waals surface area contributed by atoms with E-state index in [1.165, 1.54) is 5.56 Å². The summed E-state index contributed by atoms with van der Waals surface area (Å²) >= 11 is 0. The van der Waals surface area contributed by atoms with E-state index in [-0.39, 0.29) is 5.91 Å². The van der Waals surface area contributed by atoms with Crippen LogP contribution in [0.2, 0.25) is 0 Å². The monoisotopic (exact) mass is 325 g/mol. The van der Waals surface area contributed by atoms with Crippen molar-refractivity contribution in [2.45, 2.75) is 53.6 Å². The number of nitrogens with one attached hydrogen (secondary N) is 1. The zero-order valence-electron chi connectivity index (χ0n) is 15.4. The fraction of sp³-hybridized carbons (Fsp3) is 0.381. The highest BCUT2D eigenvalue weighted by molar-refractivity contribution is 5.94. The van der Waals surface area contributed by atoms with Gasteiger partial charge in [0.25, 0.3) is 5.91 Å². The van der Waals surface area contributed by atoms with Gasteiger partial charge in [-0.15, -0.1) is 0 Å². The van der Waals surface area contributed by atoms with Crippen molar-refractivity contribution in [2.24, 2.45) is 0 Å². The molecule has 0 saturated heterocycles. The fourth-order valence-electron chi connectivity index (χ4n) is 2.72. The van der Waals surface area contributed by atoms with Crippen LogP contribution in [0.5, 0.6) is 5.75 Å². The lowest BCUT2D eigenvalue weighted by molar-refractivity contribution is -0.122. The Morgan fingerprint density at radius 1 is 1.04 bits per heavy atom. The minimum atomic E-state index is -0.565. The molecule has 1 N–H and O–H groups in total. The Morgan fingerprint density at radius 3 is 2.38 bits per heavy atom. The maximum Gasteiger partial charge on any atom is 0.265 e. The SMILES string of the molecule is Cc1cc(C)c(C)c(O[C@H](C)C(=O)Nc2ccccc2C(C)C)c1. The van der Waals surface area contributed by atoms with Gasteiger partial charge < -0.3 is 10.1 Å². The Hall–Kier alpha value is -2.29. The average molecular weight is 325 g/mol. The average Bonchev–Trinajstić information content (AvgIpc) is 2.52. The smallest absolute Gasteiger partial charge is 0.265 e. The van der Waals surface area contributed by atoms with Crippen molar-refractivity contribution < 1.29 is 9.53 Å². The van der Waals surface area contributed by atoms with Crippen LogP contribution in [0.1, 0.15) is 48.9 Å². The molecule has 0 aliphatic carbocycles. The highest BCUT2D eigenvalue weighted by Gasteiger charge is 2.18. The van der Waals surface area contributed by atoms with Crippen molar-refractivity contribution in [3.63, 3.8) is 0 Å². The summed E-state index contributed by atoms with van der Waals surface area (Å²) in [6.45, 7) is 12.1. The van der Waals surface area contributed by atoms with Gasteiger partial charge in [0.15, 0.2) is 6.10 Å². The van der Waals surface area contributed by atoms with Crippen LogP contribution in [-0.4, -0.2) is 12.0 Å². The van der Waals surface area contributed by atoms with Crippen LogP contribution in [-0.2, 0) is 4.79 Å². The molecule has 0 aliphatic heterocycles. The lowest BCUT2D eigenvalue weighted by Crippen LogP contribution is -2.30. The Labute approximate surface area is 145 Å². The standard InChI is InChI=1S/C21H27NO2/c1-13(2)18-9-7-8-10-19(18)22-21(23)17(6)24-20-12-14(3)11-15(4)16(20)5/h7-13,17H,1-6H3,(H,22,23)/t17-/m1/s1. The van der Waals surface area contributed by atoms with Gasteiger partial charge in [-0.05, 0) is 68.0 Å². The number of para-hydroxylation sites is 1. The number of hydrogen-bond donors (Lipinski definition) is 1. The number of aryl methyl sites for hydroxylation is 2. The van der Waals surface area contributed by atoms with Crippen LogP contribution in [0.25, 0.3) is 0 Å². The van der Waals surface area contributed by atoms with Gasteiger partial charge in [0.05, 0.1) is 0 Å². The molecular formula is C21H27NO2. The quantitative estimate of drug-likeness (QED) is 0.826. The van der Waals surface area contributed by atoms with Crippen LogP contribution in [0.15, 0.2) is 36.4 Å². The Kier molecular flexibility index (Phi) is 5.66. The van der Waals surface area contributed by atoms with Gasteiger partial charge in [-0.2, -0.15) is 0 Å². The van der Waals surface area contributed by atoms with Gasteiger partial charge in [0, 0.05) is 5.69 Å². The molecule has 0 spiro atoms. The topological polar surface area (TPSA) is 38.3 Å². The predicted octanol–water partition coefficient (Wildman–Crippen LogP) is 5.14. The molecule has 2 aromatic rings. The van der Waals surface area contributed by atoms with Crippen LogP contribution < -0.4 is 10.1 Å². The summed E-state index contributed by atoms with van der Waals surface area (Å²) in [6, 6.07) is 12.0. The number of carbonyl (C=O) groups excluding carboxylic acids is 1. The molecule has 0 radical (unpaired) electrons. The second kappa shape index (κ2) is 7.52. The maximum atomic E-state index is 12.5. The molecule has 0 fully saturated rings. The first-order valence-electron chi connectivity index (χ1n) is 8.44. The first kappa shape index (κ1) is 18.1. The van der Waals surface area contributed by atoms with Gasteiger partial charge in [-0.3, -0.25) is 4.79 Å². The van der Waals surface area contributed by atoms with Crippen LogP contribution in [0.4, 0.5) is 5.69 Å². The lowest BCUT2D eigenvalue weighted by atomic mass is 10.0. The number of benzene rings is 2. The summed E-state index contributed by atoms with van der Waals surface area (Å²) in [6.07, 6.45) is -0.565. The molecule has 1 amide bonds. The molecule has 0 aromatic heterocycles. The summed E-state index contributed by atoms with van der Waals surface area (Å²) in [4.78, 5) is 12.5. The number of carbonyl (C=O) groups is 1. The van der Waals surface area contributed by atoms with Crippen molar-refractivity contribution in [1.82, 2.24) is 0 Å². The maximum absolute atomic E-state index is 12.5. The van der Waals surface area contributed by atoms with Gasteiger partial charge in [-0.25, -0.2) is 0 Å². The molecule has 128 valence electrons. The molecule has 24 heavy (non-hydrogen) atoms. The minimum Gasteiger partial charge on any atom is -0.481 e. The molecule has 0 bridgehead atoms. The molecule has 0 unspecified atom stereocenters. The zero-order chi connectivity index (χ0) is 17.9. The summed E-state index contributed by atoms with van der Waals surface area (Å²) in [5, 5.41) is 3.00. The normalized spacial score (nSPS) is 12.1. The first-order valence-corrected chi connectivity index (χ1v) is 8.44. The van der Waals surface area contributed by atoms with Crippen LogP contribution in [0.3, 0.4) is 0 Å². The van der Waals surface area contributed by atoms with Crippen molar-refractivity contribution >= 4 is 11.6 Å². The third-order valence-electron chi connectivity index (χ3n) is 4.28.